The van der Waals surface area contributed by atoms with Gasteiger partial charge in [-0.3, -0.25) is 9.59 Å². The number of nitrogens with one attached hydrogen (secondary N) is 1. The van der Waals surface area contributed by atoms with E-state index >= 15 is 0 Å². The van der Waals surface area contributed by atoms with Crippen molar-refractivity contribution in [3.8, 4) is 0 Å². The van der Waals surface area contributed by atoms with Gasteiger partial charge in [0, 0.05) is 24.7 Å². The summed E-state index contributed by atoms with van der Waals surface area (Å²) in [4.78, 5) is 29.2. The molecule has 8 heteroatoms. The Labute approximate surface area is 170 Å². The highest BCUT2D eigenvalue weighted by molar-refractivity contribution is 6.36. The van der Waals surface area contributed by atoms with E-state index in [1.165, 1.54) is 0 Å². The molecule has 2 amide bonds. The van der Waals surface area contributed by atoms with Gasteiger partial charge in [0.05, 0.1) is 10.7 Å². The van der Waals surface area contributed by atoms with E-state index in [2.05, 4.69) is 5.32 Å². The zero-order valence-corrected chi connectivity index (χ0v) is 17.0. The summed E-state index contributed by atoms with van der Waals surface area (Å²) in [5.41, 5.74) is 0.584. The van der Waals surface area contributed by atoms with Crippen LogP contribution >= 0.6 is 35.6 Å². The number of piperidine rings is 1. The standard InChI is InChI=1S/C18H23Cl2N3O2.ClH/c1-21-10-12-3-2-7-22(11-12)17(24)14-6-8-23(18(14)25)16-9-13(19)4-5-15(16)20;/h4-5,9,12,14,21H,2-3,6-8,10-11H2,1H3;1H. The van der Waals surface area contributed by atoms with E-state index in [9.17, 15) is 9.59 Å². The Hall–Kier alpha value is -1.01. The third-order valence-electron chi connectivity index (χ3n) is 5.03. The Kier molecular flexibility index (Phi) is 7.59. The monoisotopic (exact) mass is 419 g/mol. The third-order valence-corrected chi connectivity index (χ3v) is 5.58. The molecule has 1 aromatic carbocycles. The van der Waals surface area contributed by atoms with Crippen LogP contribution in [0.15, 0.2) is 18.2 Å². The Morgan fingerprint density at radius 2 is 2.04 bits per heavy atom. The van der Waals surface area contributed by atoms with Crippen LogP contribution in [0.3, 0.4) is 0 Å². The first kappa shape index (κ1) is 21.3. The lowest BCUT2D eigenvalue weighted by Gasteiger charge is -2.34. The van der Waals surface area contributed by atoms with Gasteiger partial charge >= 0.3 is 0 Å². The number of hydrogen-bond acceptors (Lipinski definition) is 3. The molecule has 26 heavy (non-hydrogen) atoms. The molecule has 2 saturated heterocycles. The number of likely N-dealkylation sites (tertiary alicyclic amines) is 1. The van der Waals surface area contributed by atoms with Crippen molar-refractivity contribution in [3.63, 3.8) is 0 Å². The summed E-state index contributed by atoms with van der Waals surface area (Å²) in [6.45, 7) is 2.85. The highest BCUT2D eigenvalue weighted by atomic mass is 35.5. The van der Waals surface area contributed by atoms with Crippen LogP contribution in [-0.2, 0) is 9.59 Å². The zero-order valence-electron chi connectivity index (χ0n) is 14.7. The fraction of sp³-hybridized carbons (Fsp3) is 0.556. The van der Waals surface area contributed by atoms with Gasteiger partial charge < -0.3 is 15.1 Å². The van der Waals surface area contributed by atoms with E-state index in [0.717, 1.165) is 32.5 Å². The van der Waals surface area contributed by atoms with Crippen molar-refractivity contribution in [1.29, 1.82) is 0 Å². The van der Waals surface area contributed by atoms with Gasteiger partial charge in [0.15, 0.2) is 0 Å². The number of nitrogens with zero attached hydrogens (tertiary/aromatic N) is 2. The van der Waals surface area contributed by atoms with E-state index in [1.54, 1.807) is 23.1 Å². The lowest BCUT2D eigenvalue weighted by molar-refractivity contribution is -0.141. The normalized spacial score (nSPS) is 23.1. The molecule has 0 aliphatic carbocycles. The number of rotatable bonds is 4. The van der Waals surface area contributed by atoms with Crippen LogP contribution in [0.1, 0.15) is 19.3 Å². The van der Waals surface area contributed by atoms with E-state index in [0.29, 0.717) is 34.6 Å². The number of amides is 2. The van der Waals surface area contributed by atoms with Crippen LogP contribution in [0, 0.1) is 11.8 Å². The van der Waals surface area contributed by atoms with Crippen molar-refractivity contribution in [2.24, 2.45) is 11.8 Å². The van der Waals surface area contributed by atoms with Crippen molar-refractivity contribution in [1.82, 2.24) is 10.2 Å². The first-order chi connectivity index (χ1) is 12.0. The van der Waals surface area contributed by atoms with E-state index in [1.807, 2.05) is 11.9 Å². The Bertz CT molecular complexity index is 669. The lowest BCUT2D eigenvalue weighted by atomic mass is 9.96. The fourth-order valence-electron chi connectivity index (χ4n) is 3.78. The van der Waals surface area contributed by atoms with Gasteiger partial charge in [-0.2, -0.15) is 0 Å². The Balaban J connectivity index is 0.00000243. The second kappa shape index (κ2) is 9.27. The zero-order chi connectivity index (χ0) is 18.0. The van der Waals surface area contributed by atoms with Crippen LogP contribution in [0.25, 0.3) is 0 Å². The van der Waals surface area contributed by atoms with Crippen LogP contribution in [0.5, 0.6) is 0 Å². The maximum atomic E-state index is 12.9. The van der Waals surface area contributed by atoms with E-state index in [4.69, 9.17) is 23.2 Å². The van der Waals surface area contributed by atoms with Crippen molar-refractivity contribution in [3.05, 3.63) is 28.2 Å². The molecule has 2 atom stereocenters. The summed E-state index contributed by atoms with van der Waals surface area (Å²) < 4.78 is 0. The number of halogens is 3. The van der Waals surface area contributed by atoms with Gasteiger partial charge in [0.2, 0.25) is 11.8 Å². The molecule has 1 aromatic rings. The maximum absolute atomic E-state index is 12.9. The highest BCUT2D eigenvalue weighted by Crippen LogP contribution is 2.34. The molecular weight excluding hydrogens is 397 g/mol. The molecule has 2 heterocycles. The van der Waals surface area contributed by atoms with Gasteiger partial charge in [0.1, 0.15) is 5.92 Å². The Morgan fingerprint density at radius 3 is 2.77 bits per heavy atom. The summed E-state index contributed by atoms with van der Waals surface area (Å²) in [5, 5.41) is 4.17. The van der Waals surface area contributed by atoms with Gasteiger partial charge in [-0.25, -0.2) is 0 Å². The number of anilines is 1. The molecule has 2 unspecified atom stereocenters. The summed E-state index contributed by atoms with van der Waals surface area (Å²) in [5.74, 6) is -0.377. The third kappa shape index (κ3) is 4.45. The largest absolute Gasteiger partial charge is 0.342 e. The molecule has 0 spiro atoms. The van der Waals surface area contributed by atoms with Gasteiger partial charge in [0.25, 0.3) is 0 Å². The summed E-state index contributed by atoms with van der Waals surface area (Å²) >= 11 is 12.2. The second-order valence-electron chi connectivity index (χ2n) is 6.78. The number of hydrogen-bond donors (Lipinski definition) is 1. The van der Waals surface area contributed by atoms with Crippen molar-refractivity contribution in [2.45, 2.75) is 19.3 Å². The molecule has 2 aliphatic heterocycles. The number of benzene rings is 1. The summed E-state index contributed by atoms with van der Waals surface area (Å²) in [7, 11) is 1.92. The van der Waals surface area contributed by atoms with Gasteiger partial charge in [-0.05, 0) is 57.0 Å². The van der Waals surface area contributed by atoms with Crippen molar-refractivity contribution in [2.75, 3.05) is 38.1 Å². The minimum atomic E-state index is -0.608. The van der Waals surface area contributed by atoms with Crippen molar-refractivity contribution >= 4 is 53.1 Å². The summed E-state index contributed by atoms with van der Waals surface area (Å²) in [6, 6.07) is 5.04. The van der Waals surface area contributed by atoms with Crippen molar-refractivity contribution < 1.29 is 9.59 Å². The molecule has 0 aromatic heterocycles. The average molecular weight is 421 g/mol. The molecule has 144 valence electrons. The molecule has 2 aliphatic rings. The molecule has 3 rings (SSSR count). The smallest absolute Gasteiger partial charge is 0.239 e. The number of carbonyl (C=O) groups excluding carboxylic acids is 2. The van der Waals surface area contributed by atoms with Crippen LogP contribution < -0.4 is 10.2 Å². The molecular formula is C18H24Cl3N3O2. The van der Waals surface area contributed by atoms with Gasteiger partial charge in [-0.1, -0.05) is 23.2 Å². The Morgan fingerprint density at radius 1 is 1.27 bits per heavy atom. The van der Waals surface area contributed by atoms with E-state index < -0.39 is 5.92 Å². The molecule has 1 N–H and O–H groups in total. The first-order valence-corrected chi connectivity index (χ1v) is 9.46. The molecule has 0 saturated carbocycles. The topological polar surface area (TPSA) is 52.7 Å². The molecule has 0 radical (unpaired) electrons. The quantitative estimate of drug-likeness (QED) is 0.761. The minimum absolute atomic E-state index is 0. The molecule has 5 nitrogen and oxygen atoms in total. The predicted octanol–water partition coefficient (Wildman–Crippen LogP) is 3.23. The van der Waals surface area contributed by atoms with Crippen LogP contribution in [0.4, 0.5) is 5.69 Å². The predicted molar refractivity (Wildman–Crippen MR) is 107 cm³/mol. The van der Waals surface area contributed by atoms with Gasteiger partial charge in [-0.15, -0.1) is 12.4 Å². The first-order valence-electron chi connectivity index (χ1n) is 8.71. The van der Waals surface area contributed by atoms with Crippen LogP contribution in [-0.4, -0.2) is 49.9 Å². The highest BCUT2D eigenvalue weighted by Gasteiger charge is 2.41. The maximum Gasteiger partial charge on any atom is 0.239 e. The average Bonchev–Trinajstić information content (AvgIpc) is 2.98. The summed E-state index contributed by atoms with van der Waals surface area (Å²) in [6.07, 6.45) is 2.63. The number of carbonyl (C=O) groups is 2. The molecule has 0 bridgehead atoms. The van der Waals surface area contributed by atoms with Crippen LogP contribution in [0.2, 0.25) is 10.0 Å². The fourth-order valence-corrected chi connectivity index (χ4v) is 4.17. The second-order valence-corrected chi connectivity index (χ2v) is 7.62. The molecule has 2 fully saturated rings. The SMILES string of the molecule is CNCC1CCCN(C(=O)C2CCN(c3cc(Cl)ccc3Cl)C2=O)C1.Cl. The lowest BCUT2D eigenvalue weighted by Crippen LogP contribution is -2.46. The minimum Gasteiger partial charge on any atom is -0.342 e. The van der Waals surface area contributed by atoms with E-state index in [-0.39, 0.29) is 24.2 Å².